The monoisotopic (exact) mass is 409 g/mol. The summed E-state index contributed by atoms with van der Waals surface area (Å²) in [5.41, 5.74) is 4.30. The first-order valence-corrected chi connectivity index (χ1v) is 10.5. The number of hydrogen-bond donors (Lipinski definition) is 2. The summed E-state index contributed by atoms with van der Waals surface area (Å²) < 4.78 is 0. The number of H-pyrrole nitrogens is 1. The lowest BCUT2D eigenvalue weighted by molar-refractivity contribution is -0.120. The summed E-state index contributed by atoms with van der Waals surface area (Å²) in [6, 6.07) is 24.1. The number of fused-ring (bicyclic) bond motifs is 2. The van der Waals surface area contributed by atoms with Crippen molar-refractivity contribution in [1.82, 2.24) is 10.3 Å². The van der Waals surface area contributed by atoms with Gasteiger partial charge in [-0.15, -0.1) is 0 Å². The molecule has 5 rings (SSSR count). The van der Waals surface area contributed by atoms with Crippen LogP contribution in [-0.4, -0.2) is 23.3 Å². The number of anilines is 1. The Balaban J connectivity index is 1.51. The Morgan fingerprint density at radius 2 is 1.71 bits per heavy atom. The van der Waals surface area contributed by atoms with E-state index in [2.05, 4.69) is 16.4 Å². The van der Waals surface area contributed by atoms with E-state index >= 15 is 0 Å². The van der Waals surface area contributed by atoms with Gasteiger partial charge in [-0.3, -0.25) is 9.59 Å². The molecule has 31 heavy (non-hydrogen) atoms. The molecule has 1 atom stereocenters. The van der Waals surface area contributed by atoms with E-state index in [-0.39, 0.29) is 11.8 Å². The number of aromatic nitrogens is 1. The Hall–Kier alpha value is -3.86. The van der Waals surface area contributed by atoms with Gasteiger partial charge in [0.15, 0.2) is 0 Å². The van der Waals surface area contributed by atoms with Gasteiger partial charge in [-0.05, 0) is 48.2 Å². The number of nitrogens with zero attached hydrogens (tertiary/aromatic N) is 1. The van der Waals surface area contributed by atoms with Crippen LogP contribution in [0.5, 0.6) is 0 Å². The fraction of sp³-hybridized carbons (Fsp3) is 0.154. The summed E-state index contributed by atoms with van der Waals surface area (Å²) in [5.74, 6) is -0.384. The quantitative estimate of drug-likeness (QED) is 0.517. The van der Waals surface area contributed by atoms with Crippen molar-refractivity contribution in [2.75, 3.05) is 11.4 Å². The normalized spacial score (nSPS) is 14.1. The van der Waals surface area contributed by atoms with Crippen LogP contribution in [0, 0.1) is 0 Å². The fourth-order valence-corrected chi connectivity index (χ4v) is 4.34. The fourth-order valence-electron chi connectivity index (χ4n) is 4.34. The molecule has 154 valence electrons. The molecular weight excluding hydrogens is 386 g/mol. The Bertz CT molecular complexity index is 1250. The maximum absolute atomic E-state index is 13.7. The molecule has 3 aromatic carbocycles. The minimum atomic E-state index is -0.769. The highest BCUT2D eigenvalue weighted by Gasteiger charge is 2.31. The van der Waals surface area contributed by atoms with Crippen molar-refractivity contribution in [2.45, 2.75) is 18.9 Å². The van der Waals surface area contributed by atoms with E-state index in [4.69, 9.17) is 0 Å². The summed E-state index contributed by atoms with van der Waals surface area (Å²) in [4.78, 5) is 32.0. The third-order valence-corrected chi connectivity index (χ3v) is 5.87. The van der Waals surface area contributed by atoms with Gasteiger partial charge < -0.3 is 15.2 Å². The van der Waals surface area contributed by atoms with Crippen molar-refractivity contribution in [3.8, 4) is 0 Å². The van der Waals surface area contributed by atoms with Crippen LogP contribution in [0.25, 0.3) is 10.9 Å². The summed E-state index contributed by atoms with van der Waals surface area (Å²) in [6.45, 7) is 0.641. The van der Waals surface area contributed by atoms with Crippen molar-refractivity contribution in [3.63, 3.8) is 0 Å². The third kappa shape index (κ3) is 3.59. The second-order valence-corrected chi connectivity index (χ2v) is 7.78. The zero-order chi connectivity index (χ0) is 21.2. The molecule has 5 heteroatoms. The maximum Gasteiger partial charge on any atom is 0.254 e. The molecule has 0 unspecified atom stereocenters. The van der Waals surface area contributed by atoms with Crippen molar-refractivity contribution < 1.29 is 9.59 Å². The number of para-hydroxylation sites is 1. The maximum atomic E-state index is 13.7. The number of aryl methyl sites for hydroxylation is 1. The van der Waals surface area contributed by atoms with Crippen LogP contribution in [0.1, 0.15) is 33.9 Å². The van der Waals surface area contributed by atoms with Crippen LogP contribution in [0.15, 0.2) is 85.1 Å². The Morgan fingerprint density at radius 3 is 2.58 bits per heavy atom. The summed E-state index contributed by atoms with van der Waals surface area (Å²) >= 11 is 0. The van der Waals surface area contributed by atoms with Gasteiger partial charge in [0, 0.05) is 34.9 Å². The van der Waals surface area contributed by atoms with Crippen LogP contribution in [0.3, 0.4) is 0 Å². The molecule has 1 aliphatic rings. The lowest BCUT2D eigenvalue weighted by atomic mass is 9.98. The first kappa shape index (κ1) is 19.1. The summed E-state index contributed by atoms with van der Waals surface area (Å²) in [7, 11) is 0. The van der Waals surface area contributed by atoms with Gasteiger partial charge in [-0.25, -0.2) is 0 Å². The highest BCUT2D eigenvalue weighted by molar-refractivity contribution is 6.09. The molecule has 0 spiro atoms. The molecule has 0 aliphatic carbocycles. The van der Waals surface area contributed by atoms with Crippen LogP contribution in [0.2, 0.25) is 0 Å². The molecule has 2 amide bonds. The Labute approximate surface area is 180 Å². The van der Waals surface area contributed by atoms with Crippen LogP contribution in [-0.2, 0) is 11.2 Å². The molecule has 2 N–H and O–H groups in total. The Kier molecular flexibility index (Phi) is 5.00. The van der Waals surface area contributed by atoms with E-state index < -0.39 is 6.04 Å². The lowest BCUT2D eigenvalue weighted by Gasteiger charge is -2.32. The second kappa shape index (κ2) is 8.11. The highest BCUT2D eigenvalue weighted by atomic mass is 16.2. The highest BCUT2D eigenvalue weighted by Crippen LogP contribution is 2.30. The topological polar surface area (TPSA) is 65.2 Å². The summed E-state index contributed by atoms with van der Waals surface area (Å²) in [5, 5.41) is 3.85. The Morgan fingerprint density at radius 1 is 0.903 bits per heavy atom. The number of aromatic amines is 1. The number of hydrogen-bond acceptors (Lipinski definition) is 2. The lowest BCUT2D eigenvalue weighted by Crippen LogP contribution is -2.45. The zero-order valence-electron chi connectivity index (χ0n) is 17.0. The zero-order valence-corrected chi connectivity index (χ0v) is 17.0. The molecule has 0 bridgehead atoms. The molecule has 0 saturated carbocycles. The largest absolute Gasteiger partial charge is 0.361 e. The molecule has 4 aromatic rings. The van der Waals surface area contributed by atoms with Crippen molar-refractivity contribution in [1.29, 1.82) is 0 Å². The predicted octanol–water partition coefficient (Wildman–Crippen LogP) is 4.62. The minimum Gasteiger partial charge on any atom is -0.361 e. The van der Waals surface area contributed by atoms with Gasteiger partial charge in [0.2, 0.25) is 0 Å². The molecule has 0 radical (unpaired) electrons. The number of carbonyl (C=O) groups is 2. The van der Waals surface area contributed by atoms with Gasteiger partial charge in [0.1, 0.15) is 6.04 Å². The van der Waals surface area contributed by atoms with Gasteiger partial charge in [-0.1, -0.05) is 54.6 Å². The van der Waals surface area contributed by atoms with E-state index in [0.717, 1.165) is 40.6 Å². The van der Waals surface area contributed by atoms with E-state index in [1.54, 1.807) is 6.07 Å². The van der Waals surface area contributed by atoms with E-state index in [1.165, 1.54) is 0 Å². The second-order valence-electron chi connectivity index (χ2n) is 7.78. The molecular formula is C26H23N3O2. The number of benzene rings is 3. The van der Waals surface area contributed by atoms with Gasteiger partial charge in [0.25, 0.3) is 11.8 Å². The molecule has 1 aromatic heterocycles. The van der Waals surface area contributed by atoms with Crippen molar-refractivity contribution >= 4 is 28.4 Å². The number of nitrogens with one attached hydrogen (secondary N) is 2. The molecule has 0 fully saturated rings. The third-order valence-electron chi connectivity index (χ3n) is 5.87. The van der Waals surface area contributed by atoms with Gasteiger partial charge in [-0.2, -0.15) is 0 Å². The van der Waals surface area contributed by atoms with Crippen molar-refractivity contribution in [3.05, 3.63) is 102 Å². The first-order chi connectivity index (χ1) is 15.2. The van der Waals surface area contributed by atoms with Crippen LogP contribution >= 0.6 is 0 Å². The SMILES string of the molecule is O=C(N[C@@H](C(=O)N1CCCc2ccccc21)c1ccccc1)c1cccc2[nH]ccc12. The average Bonchev–Trinajstić information content (AvgIpc) is 3.31. The number of carbonyl (C=O) groups excluding carboxylic acids is 2. The molecule has 5 nitrogen and oxygen atoms in total. The van der Waals surface area contributed by atoms with E-state index in [0.29, 0.717) is 12.1 Å². The smallest absolute Gasteiger partial charge is 0.254 e. The molecule has 1 aliphatic heterocycles. The van der Waals surface area contributed by atoms with Gasteiger partial charge >= 0.3 is 0 Å². The van der Waals surface area contributed by atoms with Crippen LogP contribution < -0.4 is 10.2 Å². The van der Waals surface area contributed by atoms with Crippen molar-refractivity contribution in [2.24, 2.45) is 0 Å². The molecule has 0 saturated heterocycles. The number of rotatable bonds is 4. The summed E-state index contributed by atoms with van der Waals surface area (Å²) in [6.07, 6.45) is 3.67. The predicted molar refractivity (Wildman–Crippen MR) is 122 cm³/mol. The van der Waals surface area contributed by atoms with Gasteiger partial charge in [0.05, 0.1) is 0 Å². The molecule has 2 heterocycles. The number of amides is 2. The van der Waals surface area contributed by atoms with E-state index in [1.807, 2.05) is 77.8 Å². The van der Waals surface area contributed by atoms with Crippen LogP contribution in [0.4, 0.5) is 5.69 Å². The first-order valence-electron chi connectivity index (χ1n) is 10.5. The average molecular weight is 409 g/mol. The van der Waals surface area contributed by atoms with E-state index in [9.17, 15) is 9.59 Å². The standard InChI is InChI=1S/C26H23N3O2/c30-25(21-12-6-13-22-20(21)15-16-27-22)28-24(19-9-2-1-3-10-19)26(31)29-17-7-11-18-8-4-5-14-23(18)29/h1-6,8-10,12-16,24,27H,7,11,17H2,(H,28,30)/t24-/m1/s1. The minimum absolute atomic E-state index is 0.118.